The highest BCUT2D eigenvalue weighted by Crippen LogP contribution is 2.16. The first-order valence-electron chi connectivity index (χ1n) is 6.91. The third-order valence-corrected chi connectivity index (χ3v) is 3.35. The molecule has 0 spiro atoms. The van der Waals surface area contributed by atoms with Crippen LogP contribution in [0.4, 0.5) is 5.69 Å². The van der Waals surface area contributed by atoms with E-state index in [4.69, 9.17) is 0 Å². The van der Waals surface area contributed by atoms with Crippen LogP contribution in [-0.4, -0.2) is 20.5 Å². The molecular formula is C16H16N4O2. The maximum Gasteiger partial charge on any atom is 0.272 e. The lowest BCUT2D eigenvalue weighted by Crippen LogP contribution is -2.17. The SMILES string of the molecule is Cc1cc(C)cc(NC(=O)c2c[nH]n3c(=O)cc(C)nc23)c1. The van der Waals surface area contributed by atoms with Crippen molar-refractivity contribution < 1.29 is 4.79 Å². The molecule has 0 fully saturated rings. The van der Waals surface area contributed by atoms with Crippen molar-refractivity contribution in [1.29, 1.82) is 0 Å². The number of nitrogens with zero attached hydrogens (tertiary/aromatic N) is 2. The van der Waals surface area contributed by atoms with Crippen molar-refractivity contribution in [3.63, 3.8) is 0 Å². The van der Waals surface area contributed by atoms with Gasteiger partial charge in [0.05, 0.1) is 0 Å². The minimum atomic E-state index is -0.304. The van der Waals surface area contributed by atoms with Crippen LogP contribution in [0.1, 0.15) is 27.2 Å². The topological polar surface area (TPSA) is 79.3 Å². The quantitative estimate of drug-likeness (QED) is 0.761. The number of aromatic nitrogens is 3. The van der Waals surface area contributed by atoms with Crippen molar-refractivity contribution in [2.45, 2.75) is 20.8 Å². The van der Waals surface area contributed by atoms with E-state index in [9.17, 15) is 9.59 Å². The summed E-state index contributed by atoms with van der Waals surface area (Å²) in [5, 5.41) is 5.60. The first kappa shape index (κ1) is 14.1. The molecule has 112 valence electrons. The number of carbonyl (C=O) groups is 1. The molecule has 0 unspecified atom stereocenters. The zero-order valence-corrected chi connectivity index (χ0v) is 12.6. The van der Waals surface area contributed by atoms with Gasteiger partial charge in [0, 0.05) is 23.6 Å². The molecular weight excluding hydrogens is 280 g/mol. The predicted octanol–water partition coefficient (Wildman–Crippen LogP) is 2.20. The molecule has 0 aliphatic heterocycles. The first-order valence-corrected chi connectivity index (χ1v) is 6.91. The van der Waals surface area contributed by atoms with Crippen LogP contribution in [0.2, 0.25) is 0 Å². The molecule has 1 amide bonds. The molecule has 0 bridgehead atoms. The van der Waals surface area contributed by atoms with Crippen LogP contribution in [0.3, 0.4) is 0 Å². The van der Waals surface area contributed by atoms with Crippen LogP contribution in [0.15, 0.2) is 35.3 Å². The number of fused-ring (bicyclic) bond motifs is 1. The van der Waals surface area contributed by atoms with Crippen molar-refractivity contribution in [2.75, 3.05) is 5.32 Å². The van der Waals surface area contributed by atoms with Gasteiger partial charge in [0.15, 0.2) is 5.65 Å². The second-order valence-electron chi connectivity index (χ2n) is 5.41. The standard InChI is InChI=1S/C16H16N4O2/c1-9-4-10(2)6-12(5-9)19-16(22)13-8-17-20-14(21)7-11(3)18-15(13)20/h4-8,17H,1-3H3,(H,19,22). The Balaban J connectivity index is 2.00. The van der Waals surface area contributed by atoms with Crippen LogP contribution in [0.25, 0.3) is 5.65 Å². The van der Waals surface area contributed by atoms with Gasteiger partial charge in [0.1, 0.15) is 5.56 Å². The summed E-state index contributed by atoms with van der Waals surface area (Å²) in [5.41, 5.74) is 3.85. The maximum absolute atomic E-state index is 12.4. The Kier molecular flexibility index (Phi) is 3.29. The number of hydrogen-bond acceptors (Lipinski definition) is 3. The van der Waals surface area contributed by atoms with E-state index in [1.807, 2.05) is 32.0 Å². The average Bonchev–Trinajstić information content (AvgIpc) is 2.81. The van der Waals surface area contributed by atoms with Crippen molar-refractivity contribution in [3.05, 3.63) is 63.2 Å². The second-order valence-corrected chi connectivity index (χ2v) is 5.41. The van der Waals surface area contributed by atoms with E-state index in [0.717, 1.165) is 16.8 Å². The van der Waals surface area contributed by atoms with Gasteiger partial charge in [-0.2, -0.15) is 0 Å². The molecule has 2 aromatic heterocycles. The molecule has 0 saturated carbocycles. The van der Waals surface area contributed by atoms with Crippen molar-refractivity contribution in [3.8, 4) is 0 Å². The minimum Gasteiger partial charge on any atom is -0.322 e. The van der Waals surface area contributed by atoms with Gasteiger partial charge >= 0.3 is 0 Å². The minimum absolute atomic E-state index is 0.243. The predicted molar refractivity (Wildman–Crippen MR) is 84.4 cm³/mol. The Morgan fingerprint density at radius 2 is 1.82 bits per heavy atom. The number of benzene rings is 1. The molecule has 1 aromatic carbocycles. The Labute approximate surface area is 126 Å². The number of aromatic amines is 1. The molecule has 22 heavy (non-hydrogen) atoms. The molecule has 0 saturated heterocycles. The van der Waals surface area contributed by atoms with Crippen LogP contribution in [0.5, 0.6) is 0 Å². The average molecular weight is 296 g/mol. The van der Waals surface area contributed by atoms with Gasteiger partial charge in [-0.25, -0.2) is 9.50 Å². The molecule has 6 nitrogen and oxygen atoms in total. The fourth-order valence-corrected chi connectivity index (χ4v) is 2.51. The lowest BCUT2D eigenvalue weighted by molar-refractivity contribution is 0.102. The lowest BCUT2D eigenvalue weighted by atomic mass is 10.1. The summed E-state index contributed by atoms with van der Waals surface area (Å²) in [7, 11) is 0. The lowest BCUT2D eigenvalue weighted by Gasteiger charge is -2.06. The van der Waals surface area contributed by atoms with E-state index in [-0.39, 0.29) is 11.5 Å². The van der Waals surface area contributed by atoms with Gasteiger partial charge < -0.3 is 5.32 Å². The molecule has 6 heteroatoms. The number of aryl methyl sites for hydroxylation is 3. The summed E-state index contributed by atoms with van der Waals surface area (Å²) in [6, 6.07) is 7.23. The summed E-state index contributed by atoms with van der Waals surface area (Å²) < 4.78 is 1.25. The molecule has 2 N–H and O–H groups in total. The largest absolute Gasteiger partial charge is 0.322 e. The third kappa shape index (κ3) is 2.50. The zero-order valence-electron chi connectivity index (χ0n) is 12.6. The van der Waals surface area contributed by atoms with Gasteiger partial charge in [0.2, 0.25) is 0 Å². The summed E-state index contributed by atoms with van der Waals surface area (Å²) >= 11 is 0. The Morgan fingerprint density at radius 1 is 1.14 bits per heavy atom. The summed E-state index contributed by atoms with van der Waals surface area (Å²) in [4.78, 5) is 28.6. The highest BCUT2D eigenvalue weighted by Gasteiger charge is 2.15. The molecule has 0 radical (unpaired) electrons. The van der Waals surface area contributed by atoms with Crippen LogP contribution < -0.4 is 10.9 Å². The van der Waals surface area contributed by atoms with Gasteiger partial charge in [0.25, 0.3) is 11.5 Å². The van der Waals surface area contributed by atoms with Crippen molar-refractivity contribution >= 4 is 17.2 Å². The van der Waals surface area contributed by atoms with Crippen LogP contribution in [0, 0.1) is 20.8 Å². The van der Waals surface area contributed by atoms with Crippen molar-refractivity contribution in [1.82, 2.24) is 14.6 Å². The van der Waals surface area contributed by atoms with Gasteiger partial charge in [-0.1, -0.05) is 6.07 Å². The Hall–Kier alpha value is -2.89. The van der Waals surface area contributed by atoms with Gasteiger partial charge in [-0.05, 0) is 44.0 Å². The normalized spacial score (nSPS) is 10.9. The molecule has 2 heterocycles. The van der Waals surface area contributed by atoms with Crippen LogP contribution >= 0.6 is 0 Å². The monoisotopic (exact) mass is 296 g/mol. The fraction of sp³-hybridized carbons (Fsp3) is 0.188. The van der Waals surface area contributed by atoms with E-state index in [2.05, 4.69) is 15.4 Å². The second kappa shape index (κ2) is 5.14. The smallest absolute Gasteiger partial charge is 0.272 e. The molecule has 3 aromatic rings. The first-order chi connectivity index (χ1) is 10.4. The zero-order chi connectivity index (χ0) is 15.9. The number of hydrogen-bond donors (Lipinski definition) is 2. The molecule has 3 rings (SSSR count). The third-order valence-electron chi connectivity index (χ3n) is 3.35. The number of anilines is 1. The van der Waals surface area contributed by atoms with Crippen LogP contribution in [-0.2, 0) is 0 Å². The number of amides is 1. The Morgan fingerprint density at radius 3 is 2.50 bits per heavy atom. The maximum atomic E-state index is 12.4. The number of nitrogens with one attached hydrogen (secondary N) is 2. The summed E-state index contributed by atoms with van der Waals surface area (Å²) in [5.74, 6) is -0.304. The molecule has 0 atom stereocenters. The highest BCUT2D eigenvalue weighted by molar-refractivity contribution is 6.08. The highest BCUT2D eigenvalue weighted by atomic mass is 16.2. The van der Waals surface area contributed by atoms with Gasteiger partial charge in [-0.15, -0.1) is 0 Å². The van der Waals surface area contributed by atoms with E-state index in [1.54, 1.807) is 6.92 Å². The number of rotatable bonds is 2. The molecule has 0 aliphatic rings. The van der Waals surface area contributed by atoms with E-state index < -0.39 is 0 Å². The Bertz CT molecular complexity index is 917. The number of H-pyrrole nitrogens is 1. The van der Waals surface area contributed by atoms with Gasteiger partial charge in [-0.3, -0.25) is 14.7 Å². The summed E-state index contributed by atoms with van der Waals surface area (Å²) in [6.45, 7) is 5.66. The van der Waals surface area contributed by atoms with E-state index in [0.29, 0.717) is 16.9 Å². The van der Waals surface area contributed by atoms with Crippen molar-refractivity contribution in [2.24, 2.45) is 0 Å². The fourth-order valence-electron chi connectivity index (χ4n) is 2.51. The van der Waals surface area contributed by atoms with E-state index >= 15 is 0 Å². The molecule has 0 aliphatic carbocycles. The van der Waals surface area contributed by atoms with E-state index in [1.165, 1.54) is 16.8 Å². The number of carbonyl (C=O) groups excluding carboxylic acids is 1. The summed E-state index contributed by atoms with van der Waals surface area (Å²) in [6.07, 6.45) is 1.49.